The molecule has 1 saturated heterocycles. The van der Waals surface area contributed by atoms with Gasteiger partial charge in [0.15, 0.2) is 0 Å². The third-order valence-electron chi connectivity index (χ3n) is 3.07. The van der Waals surface area contributed by atoms with Gasteiger partial charge in [0, 0.05) is 0 Å². The number of aromatic hydroxyl groups is 1. The number of phenols is 1. The standard InChI is InChI=1S/C9H11NO3.C5H9NO2/c10-8(9(12)13)5-6-1-3-7(11)4-2-6;7-5(8)4-2-1-3-6-4/h1-4,8,11H,5,10H2,(H,12,13);4,6H,1-3H2,(H,7,8)/t8-;4-/m00/s1. The van der Waals surface area contributed by atoms with E-state index < -0.39 is 18.0 Å². The van der Waals surface area contributed by atoms with E-state index in [1.165, 1.54) is 12.1 Å². The molecule has 0 spiro atoms. The van der Waals surface area contributed by atoms with E-state index in [9.17, 15) is 9.59 Å². The number of aliphatic carboxylic acids is 2. The first-order chi connectivity index (χ1) is 9.90. The van der Waals surface area contributed by atoms with Crippen LogP contribution in [0, 0.1) is 0 Å². The molecular formula is C14H20N2O5. The van der Waals surface area contributed by atoms with Crippen LogP contribution in [0.15, 0.2) is 24.3 Å². The van der Waals surface area contributed by atoms with E-state index in [0.717, 1.165) is 24.9 Å². The highest BCUT2D eigenvalue weighted by Crippen LogP contribution is 2.10. The van der Waals surface area contributed by atoms with Crippen LogP contribution in [0.1, 0.15) is 18.4 Å². The Bertz CT molecular complexity index is 469. The number of carboxylic acid groups (broad SMARTS) is 2. The fourth-order valence-corrected chi connectivity index (χ4v) is 1.87. The largest absolute Gasteiger partial charge is 0.508 e. The molecule has 1 heterocycles. The van der Waals surface area contributed by atoms with Crippen molar-refractivity contribution in [3.05, 3.63) is 29.8 Å². The lowest BCUT2D eigenvalue weighted by molar-refractivity contribution is -0.139. The van der Waals surface area contributed by atoms with Gasteiger partial charge in [0.1, 0.15) is 17.8 Å². The molecule has 7 nitrogen and oxygen atoms in total. The lowest BCUT2D eigenvalue weighted by Gasteiger charge is -2.05. The zero-order valence-electron chi connectivity index (χ0n) is 11.5. The molecule has 1 aliphatic rings. The number of benzene rings is 1. The van der Waals surface area contributed by atoms with Crippen molar-refractivity contribution in [2.75, 3.05) is 6.54 Å². The monoisotopic (exact) mass is 296 g/mol. The second-order valence-electron chi connectivity index (χ2n) is 4.80. The summed E-state index contributed by atoms with van der Waals surface area (Å²) in [5.41, 5.74) is 6.12. The van der Waals surface area contributed by atoms with Crippen molar-refractivity contribution in [3.8, 4) is 5.75 Å². The van der Waals surface area contributed by atoms with Crippen LogP contribution < -0.4 is 11.1 Å². The van der Waals surface area contributed by atoms with E-state index in [1.807, 2.05) is 0 Å². The Kier molecular flexibility index (Phi) is 6.64. The van der Waals surface area contributed by atoms with Gasteiger partial charge in [0.25, 0.3) is 0 Å². The minimum absolute atomic E-state index is 0.160. The topological polar surface area (TPSA) is 133 Å². The minimum Gasteiger partial charge on any atom is -0.508 e. The molecule has 2 atom stereocenters. The second kappa shape index (κ2) is 8.23. The summed E-state index contributed by atoms with van der Waals surface area (Å²) in [6.45, 7) is 0.858. The van der Waals surface area contributed by atoms with Gasteiger partial charge in [-0.15, -0.1) is 0 Å². The average Bonchev–Trinajstić information content (AvgIpc) is 2.96. The molecule has 0 bridgehead atoms. The molecule has 1 aromatic rings. The van der Waals surface area contributed by atoms with Crippen LogP contribution in [-0.2, 0) is 16.0 Å². The molecular weight excluding hydrogens is 276 g/mol. The Balaban J connectivity index is 0.000000235. The molecule has 1 fully saturated rings. The van der Waals surface area contributed by atoms with Crippen LogP contribution in [0.2, 0.25) is 0 Å². The molecule has 6 N–H and O–H groups in total. The zero-order valence-corrected chi connectivity index (χ0v) is 11.5. The summed E-state index contributed by atoms with van der Waals surface area (Å²) in [7, 11) is 0. The van der Waals surface area contributed by atoms with Crippen molar-refractivity contribution in [3.63, 3.8) is 0 Å². The fourth-order valence-electron chi connectivity index (χ4n) is 1.87. The van der Waals surface area contributed by atoms with Gasteiger partial charge in [-0.2, -0.15) is 0 Å². The summed E-state index contributed by atoms with van der Waals surface area (Å²) in [6.07, 6.45) is 2.06. The van der Waals surface area contributed by atoms with Gasteiger partial charge in [-0.3, -0.25) is 9.59 Å². The van der Waals surface area contributed by atoms with E-state index in [4.69, 9.17) is 21.1 Å². The Morgan fingerprint density at radius 3 is 2.29 bits per heavy atom. The Morgan fingerprint density at radius 2 is 1.90 bits per heavy atom. The van der Waals surface area contributed by atoms with Gasteiger partial charge >= 0.3 is 11.9 Å². The van der Waals surface area contributed by atoms with Crippen LogP contribution >= 0.6 is 0 Å². The molecule has 0 unspecified atom stereocenters. The smallest absolute Gasteiger partial charge is 0.320 e. The van der Waals surface area contributed by atoms with Crippen LogP contribution in [0.4, 0.5) is 0 Å². The molecule has 0 aliphatic carbocycles. The van der Waals surface area contributed by atoms with Crippen LogP contribution in [0.3, 0.4) is 0 Å². The van der Waals surface area contributed by atoms with Crippen molar-refractivity contribution < 1.29 is 24.9 Å². The summed E-state index contributed by atoms with van der Waals surface area (Å²) in [4.78, 5) is 20.5. The van der Waals surface area contributed by atoms with E-state index in [-0.39, 0.29) is 18.2 Å². The van der Waals surface area contributed by atoms with Crippen molar-refractivity contribution in [2.24, 2.45) is 5.73 Å². The van der Waals surface area contributed by atoms with Crippen LogP contribution in [-0.4, -0.2) is 45.9 Å². The number of rotatable bonds is 4. The van der Waals surface area contributed by atoms with Crippen LogP contribution in [0.5, 0.6) is 5.75 Å². The molecule has 0 amide bonds. The number of hydrogen-bond donors (Lipinski definition) is 5. The van der Waals surface area contributed by atoms with Gasteiger partial charge in [0.05, 0.1) is 0 Å². The first-order valence-corrected chi connectivity index (χ1v) is 6.62. The minimum atomic E-state index is -1.02. The summed E-state index contributed by atoms with van der Waals surface area (Å²) in [6, 6.07) is 5.16. The Labute approximate surface area is 122 Å². The fraction of sp³-hybridized carbons (Fsp3) is 0.429. The number of phenolic OH excluding ortho intramolecular Hbond substituents is 1. The zero-order chi connectivity index (χ0) is 15.8. The number of carboxylic acids is 2. The van der Waals surface area contributed by atoms with Crippen molar-refractivity contribution in [1.29, 1.82) is 0 Å². The maximum Gasteiger partial charge on any atom is 0.320 e. The molecule has 116 valence electrons. The van der Waals surface area contributed by atoms with Crippen molar-refractivity contribution >= 4 is 11.9 Å². The summed E-state index contributed by atoms with van der Waals surface area (Å²) in [5, 5.41) is 28.7. The SMILES string of the molecule is N[C@@H](Cc1ccc(O)cc1)C(=O)O.O=C(O)[C@@H]1CCCN1. The molecule has 1 aromatic carbocycles. The van der Waals surface area contributed by atoms with Gasteiger partial charge in [-0.1, -0.05) is 12.1 Å². The molecule has 0 aromatic heterocycles. The highest BCUT2D eigenvalue weighted by atomic mass is 16.4. The highest BCUT2D eigenvalue weighted by Gasteiger charge is 2.20. The molecule has 0 radical (unpaired) electrons. The highest BCUT2D eigenvalue weighted by molar-refractivity contribution is 5.74. The van der Waals surface area contributed by atoms with E-state index in [2.05, 4.69) is 5.32 Å². The summed E-state index contributed by atoms with van der Waals surface area (Å²) in [5.74, 6) is -1.58. The third kappa shape index (κ3) is 6.24. The van der Waals surface area contributed by atoms with Crippen molar-refractivity contribution in [1.82, 2.24) is 5.32 Å². The average molecular weight is 296 g/mol. The molecule has 7 heteroatoms. The molecule has 2 rings (SSSR count). The quantitative estimate of drug-likeness (QED) is 0.535. The third-order valence-corrected chi connectivity index (χ3v) is 3.07. The number of nitrogens with two attached hydrogens (primary N) is 1. The van der Waals surface area contributed by atoms with Crippen molar-refractivity contribution in [2.45, 2.75) is 31.3 Å². The lowest BCUT2D eigenvalue weighted by atomic mass is 10.1. The van der Waals surface area contributed by atoms with E-state index >= 15 is 0 Å². The lowest BCUT2D eigenvalue weighted by Crippen LogP contribution is -2.32. The van der Waals surface area contributed by atoms with Gasteiger partial charge in [-0.25, -0.2) is 0 Å². The normalized spacial score (nSPS) is 18.4. The van der Waals surface area contributed by atoms with Gasteiger partial charge in [-0.05, 0) is 43.5 Å². The predicted octanol–water partition coefficient (Wildman–Crippen LogP) is 0.170. The van der Waals surface area contributed by atoms with E-state index in [0.29, 0.717) is 0 Å². The number of carbonyl (C=O) groups is 2. The maximum atomic E-state index is 10.4. The first kappa shape index (κ1) is 16.9. The molecule has 1 aliphatic heterocycles. The van der Waals surface area contributed by atoms with Crippen LogP contribution in [0.25, 0.3) is 0 Å². The molecule has 0 saturated carbocycles. The second-order valence-corrected chi connectivity index (χ2v) is 4.80. The maximum absolute atomic E-state index is 10.4. The number of nitrogens with one attached hydrogen (secondary N) is 1. The Hall–Kier alpha value is -2.12. The Morgan fingerprint density at radius 1 is 1.29 bits per heavy atom. The molecule has 21 heavy (non-hydrogen) atoms. The van der Waals surface area contributed by atoms with Gasteiger partial charge < -0.3 is 26.4 Å². The summed E-state index contributed by atoms with van der Waals surface area (Å²) >= 11 is 0. The summed E-state index contributed by atoms with van der Waals surface area (Å²) < 4.78 is 0. The number of hydrogen-bond acceptors (Lipinski definition) is 5. The first-order valence-electron chi connectivity index (χ1n) is 6.62. The van der Waals surface area contributed by atoms with Gasteiger partial charge in [0.2, 0.25) is 0 Å². The van der Waals surface area contributed by atoms with E-state index in [1.54, 1.807) is 12.1 Å². The predicted molar refractivity (Wildman–Crippen MR) is 76.1 cm³/mol.